The molecule has 0 atom stereocenters. The highest BCUT2D eigenvalue weighted by Crippen LogP contribution is 2.26. The number of hydrazine groups is 1. The molecule has 0 fully saturated rings. The molecule has 7 heteroatoms. The molecule has 0 saturated carbocycles. The van der Waals surface area contributed by atoms with Crippen LogP contribution in [0.5, 0.6) is 0 Å². The number of anilines is 3. The Morgan fingerprint density at radius 2 is 2.25 bits per heavy atom. The number of hydrogen-bond acceptors (Lipinski definition) is 5. The summed E-state index contributed by atoms with van der Waals surface area (Å²) in [7, 11) is 1.80. The minimum absolute atomic E-state index is 0.304. The average molecular weight is 272 g/mol. The van der Waals surface area contributed by atoms with Crippen molar-refractivity contribution in [2.24, 2.45) is 5.84 Å². The van der Waals surface area contributed by atoms with Crippen LogP contribution in [0.1, 0.15) is 0 Å². The van der Waals surface area contributed by atoms with E-state index in [0.29, 0.717) is 23.0 Å². The van der Waals surface area contributed by atoms with Crippen LogP contribution in [0.2, 0.25) is 0 Å². The number of hydrogen-bond donors (Lipinski definition) is 2. The van der Waals surface area contributed by atoms with Crippen molar-refractivity contribution in [2.45, 2.75) is 0 Å². The fourth-order valence-corrected chi connectivity index (χ4v) is 2.02. The van der Waals surface area contributed by atoms with E-state index in [9.17, 15) is 4.39 Å². The molecule has 3 rings (SSSR count). The number of rotatable bonds is 3. The van der Waals surface area contributed by atoms with Crippen molar-refractivity contribution in [3.05, 3.63) is 48.7 Å². The van der Waals surface area contributed by atoms with Crippen LogP contribution in [0, 0.1) is 5.82 Å². The lowest BCUT2D eigenvalue weighted by atomic mass is 10.3. The molecule has 2 aromatic heterocycles. The molecule has 102 valence electrons. The maximum atomic E-state index is 13.3. The first-order valence-corrected chi connectivity index (χ1v) is 5.98. The van der Waals surface area contributed by atoms with Gasteiger partial charge in [0.15, 0.2) is 17.3 Å². The third kappa shape index (κ3) is 2.04. The number of nitrogens with two attached hydrogens (primary N) is 1. The Kier molecular flexibility index (Phi) is 2.96. The zero-order valence-electron chi connectivity index (χ0n) is 10.8. The minimum atomic E-state index is -0.304. The first-order valence-electron chi connectivity index (χ1n) is 5.98. The normalized spacial score (nSPS) is 10.8. The summed E-state index contributed by atoms with van der Waals surface area (Å²) < 4.78 is 15.1. The van der Waals surface area contributed by atoms with Gasteiger partial charge in [-0.15, -0.1) is 0 Å². The summed E-state index contributed by atoms with van der Waals surface area (Å²) in [5.41, 5.74) is 3.85. The van der Waals surface area contributed by atoms with Gasteiger partial charge in [-0.3, -0.25) is 0 Å². The van der Waals surface area contributed by atoms with E-state index in [0.717, 1.165) is 0 Å². The highest BCUT2D eigenvalue weighted by atomic mass is 19.1. The third-order valence-corrected chi connectivity index (χ3v) is 3.02. The number of nitrogens with one attached hydrogen (secondary N) is 1. The van der Waals surface area contributed by atoms with Gasteiger partial charge in [0.25, 0.3) is 0 Å². The maximum Gasteiger partial charge on any atom is 0.180 e. The van der Waals surface area contributed by atoms with E-state index in [1.165, 1.54) is 12.1 Å². The number of aromatic nitrogens is 3. The monoisotopic (exact) mass is 272 g/mol. The molecule has 0 radical (unpaired) electrons. The molecule has 3 N–H and O–H groups in total. The number of benzene rings is 1. The van der Waals surface area contributed by atoms with Crippen LogP contribution in [0.25, 0.3) is 5.65 Å². The van der Waals surface area contributed by atoms with Gasteiger partial charge >= 0.3 is 0 Å². The molecule has 0 aliphatic heterocycles. The van der Waals surface area contributed by atoms with Gasteiger partial charge in [0.2, 0.25) is 0 Å². The van der Waals surface area contributed by atoms with Gasteiger partial charge in [0, 0.05) is 25.1 Å². The van der Waals surface area contributed by atoms with Crippen molar-refractivity contribution in [1.29, 1.82) is 0 Å². The lowest BCUT2D eigenvalue weighted by Crippen LogP contribution is -2.16. The Morgan fingerprint density at radius 3 is 3.00 bits per heavy atom. The van der Waals surface area contributed by atoms with E-state index in [2.05, 4.69) is 15.4 Å². The van der Waals surface area contributed by atoms with Crippen LogP contribution in [-0.4, -0.2) is 21.4 Å². The number of halogens is 1. The molecule has 0 spiro atoms. The highest BCUT2D eigenvalue weighted by Gasteiger charge is 2.13. The molecule has 0 bridgehead atoms. The smallest absolute Gasteiger partial charge is 0.180 e. The van der Waals surface area contributed by atoms with E-state index in [4.69, 9.17) is 5.84 Å². The topological polar surface area (TPSA) is 71.5 Å². The number of imidazole rings is 1. The number of nitrogen functional groups attached to an aromatic ring is 1. The Hall–Kier alpha value is -2.67. The fraction of sp³-hybridized carbons (Fsp3) is 0.0769. The number of fused-ring (bicyclic) bond motifs is 1. The summed E-state index contributed by atoms with van der Waals surface area (Å²) in [5, 5.41) is 0. The molecule has 3 aromatic rings. The average Bonchev–Trinajstić information content (AvgIpc) is 2.93. The second-order valence-electron chi connectivity index (χ2n) is 4.29. The predicted molar refractivity (Wildman–Crippen MR) is 75.3 cm³/mol. The minimum Gasteiger partial charge on any atom is -0.326 e. The van der Waals surface area contributed by atoms with Crippen LogP contribution in [-0.2, 0) is 0 Å². The largest absolute Gasteiger partial charge is 0.326 e. The molecule has 20 heavy (non-hydrogen) atoms. The Morgan fingerprint density at radius 1 is 1.40 bits per heavy atom. The lowest BCUT2D eigenvalue weighted by Gasteiger charge is -2.19. The summed E-state index contributed by atoms with van der Waals surface area (Å²) in [6, 6.07) is 6.28. The second-order valence-corrected chi connectivity index (χ2v) is 4.29. The SMILES string of the molecule is CN(c1cccc(F)c1)c1nc(NN)cn2ccnc12. The summed E-state index contributed by atoms with van der Waals surface area (Å²) >= 11 is 0. The zero-order chi connectivity index (χ0) is 14.1. The van der Waals surface area contributed by atoms with Crippen molar-refractivity contribution < 1.29 is 4.39 Å². The zero-order valence-corrected chi connectivity index (χ0v) is 10.8. The van der Waals surface area contributed by atoms with Crippen LogP contribution < -0.4 is 16.2 Å². The van der Waals surface area contributed by atoms with E-state index in [1.807, 2.05) is 0 Å². The molecule has 6 nitrogen and oxygen atoms in total. The van der Waals surface area contributed by atoms with E-state index >= 15 is 0 Å². The Balaban J connectivity index is 2.15. The summed E-state index contributed by atoms with van der Waals surface area (Å²) in [6.45, 7) is 0. The second kappa shape index (κ2) is 4.78. The maximum absolute atomic E-state index is 13.3. The van der Waals surface area contributed by atoms with Crippen LogP contribution in [0.4, 0.5) is 21.7 Å². The molecule has 0 saturated heterocycles. The molecule has 0 aliphatic rings. The summed E-state index contributed by atoms with van der Waals surface area (Å²) in [5.74, 6) is 6.19. The fourth-order valence-electron chi connectivity index (χ4n) is 2.02. The number of nitrogens with zero attached hydrogens (tertiary/aromatic N) is 4. The molecule has 0 amide bonds. The van der Waals surface area contributed by atoms with Gasteiger partial charge in [0.1, 0.15) is 5.82 Å². The van der Waals surface area contributed by atoms with Crippen LogP contribution in [0.15, 0.2) is 42.9 Å². The lowest BCUT2D eigenvalue weighted by molar-refractivity contribution is 0.628. The third-order valence-electron chi connectivity index (χ3n) is 3.02. The van der Waals surface area contributed by atoms with Gasteiger partial charge in [-0.1, -0.05) is 6.07 Å². The molecule has 2 heterocycles. The van der Waals surface area contributed by atoms with Crippen molar-refractivity contribution in [3.8, 4) is 0 Å². The molecule has 0 aliphatic carbocycles. The summed E-state index contributed by atoms with van der Waals surface area (Å²) in [4.78, 5) is 10.4. The molecular weight excluding hydrogens is 259 g/mol. The van der Waals surface area contributed by atoms with Crippen LogP contribution in [0.3, 0.4) is 0 Å². The van der Waals surface area contributed by atoms with Gasteiger partial charge in [0.05, 0.1) is 6.20 Å². The van der Waals surface area contributed by atoms with Gasteiger partial charge in [-0.25, -0.2) is 20.2 Å². The summed E-state index contributed by atoms with van der Waals surface area (Å²) in [6.07, 6.45) is 5.19. The van der Waals surface area contributed by atoms with E-state index in [-0.39, 0.29) is 5.82 Å². The van der Waals surface area contributed by atoms with Gasteiger partial charge in [-0.05, 0) is 18.2 Å². The first-order chi connectivity index (χ1) is 9.69. The Bertz CT molecular complexity index is 753. The Labute approximate surface area is 114 Å². The van der Waals surface area contributed by atoms with Gasteiger partial charge < -0.3 is 14.7 Å². The standard InChI is InChI=1S/C13H13FN6/c1-19(10-4-2-3-9(14)7-10)13-12-16-5-6-20(12)8-11(17-13)18-15/h2-8,18H,15H2,1H3. The quantitative estimate of drug-likeness (QED) is 0.563. The first kappa shape index (κ1) is 12.4. The molecule has 0 unspecified atom stereocenters. The van der Waals surface area contributed by atoms with Crippen molar-refractivity contribution in [1.82, 2.24) is 14.4 Å². The van der Waals surface area contributed by atoms with Gasteiger partial charge in [-0.2, -0.15) is 0 Å². The van der Waals surface area contributed by atoms with Crippen LogP contribution >= 0.6 is 0 Å². The van der Waals surface area contributed by atoms with Crippen molar-refractivity contribution in [2.75, 3.05) is 17.4 Å². The van der Waals surface area contributed by atoms with Crippen molar-refractivity contribution >= 4 is 23.0 Å². The highest BCUT2D eigenvalue weighted by molar-refractivity contribution is 5.73. The van der Waals surface area contributed by atoms with E-state index < -0.39 is 0 Å². The van der Waals surface area contributed by atoms with Crippen molar-refractivity contribution in [3.63, 3.8) is 0 Å². The molecule has 1 aromatic carbocycles. The van der Waals surface area contributed by atoms with E-state index in [1.54, 1.807) is 47.1 Å². The molecular formula is C13H13FN6. The predicted octanol–water partition coefficient (Wildman–Crippen LogP) is 1.92.